The molecule has 0 bridgehead atoms. The lowest BCUT2D eigenvalue weighted by atomic mass is 10.1. The van der Waals surface area contributed by atoms with Crippen LogP contribution in [0.1, 0.15) is 21.5 Å². The molecule has 0 aliphatic rings. The van der Waals surface area contributed by atoms with Gasteiger partial charge in [0, 0.05) is 22.3 Å². The van der Waals surface area contributed by atoms with Gasteiger partial charge in [-0.3, -0.25) is 4.98 Å². The van der Waals surface area contributed by atoms with Gasteiger partial charge >= 0.3 is 12.1 Å². The molecule has 2 N–H and O–H groups in total. The van der Waals surface area contributed by atoms with E-state index in [1.54, 1.807) is 19.1 Å². The monoisotopic (exact) mass is 380 g/mol. The van der Waals surface area contributed by atoms with Crippen molar-refractivity contribution in [2.45, 2.75) is 13.1 Å². The van der Waals surface area contributed by atoms with Gasteiger partial charge in [-0.15, -0.1) is 0 Å². The Hall–Kier alpha value is -2.80. The minimum absolute atomic E-state index is 0.113. The number of fused-ring (bicyclic) bond motifs is 1. The molecule has 0 atom stereocenters. The molecule has 0 aliphatic carbocycles. The number of aromatic carboxylic acids is 1. The summed E-state index contributed by atoms with van der Waals surface area (Å²) in [6, 6.07) is 7.70. The molecular weight excluding hydrogens is 369 g/mol. The SMILES string of the molecule is Cc1c(Cl)ccc2c(Nc3cccc(C(F)(F)F)c3)c(C(=O)O)cnc12. The lowest BCUT2D eigenvalue weighted by Gasteiger charge is -2.15. The quantitative estimate of drug-likeness (QED) is 0.615. The van der Waals surface area contributed by atoms with Crippen LogP contribution in [-0.4, -0.2) is 16.1 Å². The van der Waals surface area contributed by atoms with E-state index >= 15 is 0 Å². The molecule has 4 nitrogen and oxygen atoms in total. The van der Waals surface area contributed by atoms with Gasteiger partial charge in [0.2, 0.25) is 0 Å². The van der Waals surface area contributed by atoms with E-state index < -0.39 is 17.7 Å². The van der Waals surface area contributed by atoms with E-state index in [-0.39, 0.29) is 16.9 Å². The van der Waals surface area contributed by atoms with Gasteiger partial charge < -0.3 is 10.4 Å². The number of hydrogen-bond acceptors (Lipinski definition) is 3. The van der Waals surface area contributed by atoms with Gasteiger partial charge in [-0.25, -0.2) is 4.79 Å². The van der Waals surface area contributed by atoms with Crippen LogP contribution in [-0.2, 0) is 6.18 Å². The number of aromatic nitrogens is 1. The summed E-state index contributed by atoms with van der Waals surface area (Å²) in [6.45, 7) is 1.73. The molecule has 1 heterocycles. The average molecular weight is 381 g/mol. The van der Waals surface area contributed by atoms with E-state index in [4.69, 9.17) is 11.6 Å². The molecule has 0 amide bonds. The molecule has 2 aromatic carbocycles. The Labute approximate surface area is 151 Å². The van der Waals surface area contributed by atoms with Crippen molar-refractivity contribution in [3.63, 3.8) is 0 Å². The average Bonchev–Trinajstić information content (AvgIpc) is 2.57. The van der Waals surface area contributed by atoms with Crippen molar-refractivity contribution in [2.24, 2.45) is 0 Å². The Balaban J connectivity index is 2.19. The zero-order chi connectivity index (χ0) is 19.1. The predicted molar refractivity (Wildman–Crippen MR) is 93.2 cm³/mol. The van der Waals surface area contributed by atoms with Crippen molar-refractivity contribution >= 4 is 39.8 Å². The highest BCUT2D eigenvalue weighted by atomic mass is 35.5. The molecule has 0 radical (unpaired) electrons. The Morgan fingerprint density at radius 2 is 1.96 bits per heavy atom. The third kappa shape index (κ3) is 3.30. The van der Waals surface area contributed by atoms with Crippen molar-refractivity contribution in [3.8, 4) is 0 Å². The highest BCUT2D eigenvalue weighted by Gasteiger charge is 2.30. The van der Waals surface area contributed by atoms with Crippen LogP contribution in [0.2, 0.25) is 5.02 Å². The molecule has 0 spiro atoms. The first-order valence-corrected chi connectivity index (χ1v) is 7.81. The van der Waals surface area contributed by atoms with Gasteiger partial charge in [-0.1, -0.05) is 17.7 Å². The maximum absolute atomic E-state index is 12.9. The van der Waals surface area contributed by atoms with Gasteiger partial charge in [-0.2, -0.15) is 13.2 Å². The number of carboxylic acid groups (broad SMARTS) is 1. The van der Waals surface area contributed by atoms with Crippen LogP contribution in [0.4, 0.5) is 24.5 Å². The lowest BCUT2D eigenvalue weighted by molar-refractivity contribution is -0.137. The molecule has 134 valence electrons. The van der Waals surface area contributed by atoms with Gasteiger partial charge in [0.15, 0.2) is 0 Å². The fourth-order valence-electron chi connectivity index (χ4n) is 2.60. The Morgan fingerprint density at radius 3 is 2.62 bits per heavy atom. The third-order valence-electron chi connectivity index (χ3n) is 3.92. The van der Waals surface area contributed by atoms with Crippen LogP contribution in [0.3, 0.4) is 0 Å². The highest BCUT2D eigenvalue weighted by molar-refractivity contribution is 6.32. The summed E-state index contributed by atoms with van der Waals surface area (Å²) >= 11 is 6.07. The van der Waals surface area contributed by atoms with Crippen LogP contribution >= 0.6 is 11.6 Å². The van der Waals surface area contributed by atoms with E-state index in [9.17, 15) is 23.1 Å². The van der Waals surface area contributed by atoms with Gasteiger partial charge in [0.1, 0.15) is 5.56 Å². The normalized spacial score (nSPS) is 11.6. The molecule has 26 heavy (non-hydrogen) atoms. The first kappa shape index (κ1) is 18.0. The van der Waals surface area contributed by atoms with Gasteiger partial charge in [-0.05, 0) is 42.8 Å². The number of anilines is 2. The van der Waals surface area contributed by atoms with E-state index in [1.807, 2.05) is 0 Å². The van der Waals surface area contributed by atoms with Crippen molar-refractivity contribution < 1.29 is 23.1 Å². The van der Waals surface area contributed by atoms with Crippen molar-refractivity contribution in [1.82, 2.24) is 4.98 Å². The summed E-state index contributed by atoms with van der Waals surface area (Å²) in [4.78, 5) is 15.7. The second-order valence-corrected chi connectivity index (χ2v) is 6.03. The molecule has 0 unspecified atom stereocenters. The molecule has 8 heteroatoms. The fraction of sp³-hybridized carbons (Fsp3) is 0.111. The number of hydrogen-bond donors (Lipinski definition) is 2. The summed E-state index contributed by atoms with van der Waals surface area (Å²) in [5.41, 5.74) is 0.391. The fourth-order valence-corrected chi connectivity index (χ4v) is 2.75. The van der Waals surface area contributed by atoms with E-state index in [0.29, 0.717) is 21.5 Å². The van der Waals surface area contributed by atoms with E-state index in [0.717, 1.165) is 18.3 Å². The molecule has 0 saturated carbocycles. The predicted octanol–water partition coefficient (Wildman–Crippen LogP) is 5.66. The first-order valence-electron chi connectivity index (χ1n) is 7.44. The summed E-state index contributed by atoms with van der Waals surface area (Å²) in [7, 11) is 0. The van der Waals surface area contributed by atoms with Crippen molar-refractivity contribution in [3.05, 3.63) is 64.3 Å². The minimum Gasteiger partial charge on any atom is -0.478 e. The van der Waals surface area contributed by atoms with Crippen LogP contribution in [0, 0.1) is 6.92 Å². The number of alkyl halides is 3. The summed E-state index contributed by atoms with van der Waals surface area (Å²) < 4.78 is 38.8. The second-order valence-electron chi connectivity index (χ2n) is 5.62. The number of rotatable bonds is 3. The van der Waals surface area contributed by atoms with Gasteiger partial charge in [0.25, 0.3) is 0 Å². The Kier molecular flexibility index (Phi) is 4.50. The van der Waals surface area contributed by atoms with Crippen LogP contribution < -0.4 is 5.32 Å². The summed E-state index contributed by atoms with van der Waals surface area (Å²) in [5.74, 6) is -1.25. The van der Waals surface area contributed by atoms with Crippen LogP contribution in [0.5, 0.6) is 0 Å². The van der Waals surface area contributed by atoms with Gasteiger partial charge in [0.05, 0.1) is 16.8 Å². The van der Waals surface area contributed by atoms with Crippen molar-refractivity contribution in [1.29, 1.82) is 0 Å². The molecular formula is C18H12ClF3N2O2. The maximum Gasteiger partial charge on any atom is 0.416 e. The standard InChI is InChI=1S/C18H12ClF3N2O2/c1-9-14(19)6-5-12-15(9)23-8-13(17(25)26)16(12)24-11-4-2-3-10(7-11)18(20,21)22/h2-8H,1H3,(H,23,24)(H,25,26). The molecule has 0 fully saturated rings. The van der Waals surface area contributed by atoms with Crippen molar-refractivity contribution in [2.75, 3.05) is 5.32 Å². The summed E-state index contributed by atoms with van der Waals surface area (Å²) in [5, 5.41) is 13.1. The molecule has 0 aliphatic heterocycles. The first-order chi connectivity index (χ1) is 12.2. The second kappa shape index (κ2) is 6.49. The van der Waals surface area contributed by atoms with E-state index in [2.05, 4.69) is 10.3 Å². The number of nitrogens with zero attached hydrogens (tertiary/aromatic N) is 1. The number of pyridine rings is 1. The number of carboxylic acids is 1. The Bertz CT molecular complexity index is 1020. The lowest BCUT2D eigenvalue weighted by Crippen LogP contribution is -2.07. The number of carbonyl (C=O) groups is 1. The number of benzene rings is 2. The number of aryl methyl sites for hydroxylation is 1. The smallest absolute Gasteiger partial charge is 0.416 e. The third-order valence-corrected chi connectivity index (χ3v) is 4.33. The molecule has 3 rings (SSSR count). The summed E-state index contributed by atoms with van der Waals surface area (Å²) in [6.07, 6.45) is -3.35. The molecule has 1 aromatic heterocycles. The number of nitrogens with one attached hydrogen (secondary N) is 1. The molecule has 0 saturated heterocycles. The zero-order valence-corrected chi connectivity index (χ0v) is 14.1. The number of halogens is 4. The van der Waals surface area contributed by atoms with E-state index in [1.165, 1.54) is 12.1 Å². The van der Waals surface area contributed by atoms with Crippen LogP contribution in [0.25, 0.3) is 10.9 Å². The highest BCUT2D eigenvalue weighted by Crippen LogP contribution is 2.35. The Morgan fingerprint density at radius 1 is 1.23 bits per heavy atom. The largest absolute Gasteiger partial charge is 0.478 e. The zero-order valence-electron chi connectivity index (χ0n) is 13.4. The topological polar surface area (TPSA) is 62.2 Å². The minimum atomic E-state index is -4.50. The van der Waals surface area contributed by atoms with Crippen LogP contribution in [0.15, 0.2) is 42.6 Å². The maximum atomic E-state index is 12.9. The molecule has 3 aromatic rings.